The van der Waals surface area contributed by atoms with Crippen molar-refractivity contribution >= 4 is 28.6 Å². The second kappa shape index (κ2) is 8.86. The normalized spacial score (nSPS) is 23.6. The number of aromatic amines is 1. The van der Waals surface area contributed by atoms with Crippen molar-refractivity contribution in [3.05, 3.63) is 30.0 Å². The molecule has 2 fully saturated rings. The second-order valence-corrected chi connectivity index (χ2v) is 8.11. The van der Waals surface area contributed by atoms with Crippen molar-refractivity contribution in [1.82, 2.24) is 20.5 Å². The van der Waals surface area contributed by atoms with Crippen LogP contribution in [0.3, 0.4) is 0 Å². The Labute approximate surface area is 183 Å². The number of nitrogens with zero attached hydrogens (tertiary/aromatic N) is 2. The molecule has 2 aliphatic rings. The number of amides is 3. The van der Waals surface area contributed by atoms with E-state index in [9.17, 15) is 24.0 Å². The van der Waals surface area contributed by atoms with Crippen LogP contribution in [0.2, 0.25) is 0 Å². The minimum Gasteiger partial charge on any atom is -0.496 e. The summed E-state index contributed by atoms with van der Waals surface area (Å²) in [4.78, 5) is 42.0. The fraction of sp³-hybridized carbons (Fsp3) is 0.455. The van der Waals surface area contributed by atoms with E-state index in [2.05, 4.69) is 15.6 Å². The summed E-state index contributed by atoms with van der Waals surface area (Å²) < 4.78 is 19.6. The van der Waals surface area contributed by atoms with E-state index in [1.807, 2.05) is 6.07 Å². The van der Waals surface area contributed by atoms with Gasteiger partial charge < -0.3 is 25.3 Å². The summed E-state index contributed by atoms with van der Waals surface area (Å²) in [5, 5.41) is 15.4. The molecule has 10 heteroatoms. The van der Waals surface area contributed by atoms with Gasteiger partial charge in [0.1, 0.15) is 29.7 Å². The quantitative estimate of drug-likeness (QED) is 0.622. The molecule has 4 rings (SSSR count). The lowest BCUT2D eigenvalue weighted by molar-refractivity contribution is -0.126. The van der Waals surface area contributed by atoms with Crippen molar-refractivity contribution in [3.63, 3.8) is 0 Å². The standard InChI is InChI=1S/C22H24FN5O4/c1-32-19-4-2-3-16-15(19)9-17(27-16)22(31)28-11-13(23)8-18(28)21(30)26-14(10-24)7-12-5-6-25-20(12)29/h2-4,9,12-14,18,27H,5-8,11H2,1H3,(H,25,29)(H,26,30)/t12-,13-,14-,18-/m0/s1. The Morgan fingerprint density at radius 3 is 2.94 bits per heavy atom. The SMILES string of the molecule is COc1cccc2[nH]c(C(=O)N3C[C@@H](F)C[C@H]3C(=O)N[C@H](C#N)C[C@@H]3CCNC3=O)cc12. The Hall–Kier alpha value is -3.61. The van der Waals surface area contributed by atoms with Crippen molar-refractivity contribution in [2.75, 3.05) is 20.2 Å². The van der Waals surface area contributed by atoms with Crippen molar-refractivity contribution in [1.29, 1.82) is 5.26 Å². The van der Waals surface area contributed by atoms with Crippen molar-refractivity contribution in [2.24, 2.45) is 5.92 Å². The molecule has 32 heavy (non-hydrogen) atoms. The van der Waals surface area contributed by atoms with Gasteiger partial charge >= 0.3 is 0 Å². The number of hydrogen-bond acceptors (Lipinski definition) is 5. The van der Waals surface area contributed by atoms with Crippen LogP contribution in [0.5, 0.6) is 5.75 Å². The Morgan fingerprint density at radius 1 is 1.44 bits per heavy atom. The molecule has 4 atom stereocenters. The van der Waals surface area contributed by atoms with Gasteiger partial charge in [0, 0.05) is 29.8 Å². The fourth-order valence-corrected chi connectivity index (χ4v) is 4.40. The maximum absolute atomic E-state index is 14.3. The second-order valence-electron chi connectivity index (χ2n) is 8.11. The minimum atomic E-state index is -1.35. The van der Waals surface area contributed by atoms with E-state index < -0.39 is 30.1 Å². The van der Waals surface area contributed by atoms with Gasteiger partial charge in [0.05, 0.1) is 19.7 Å². The van der Waals surface area contributed by atoms with Crippen LogP contribution in [-0.4, -0.2) is 66.1 Å². The van der Waals surface area contributed by atoms with Crippen molar-refractivity contribution in [2.45, 2.75) is 37.5 Å². The molecule has 2 aliphatic heterocycles. The van der Waals surface area contributed by atoms with Crippen LogP contribution >= 0.6 is 0 Å². The third-order valence-corrected chi connectivity index (χ3v) is 6.04. The lowest BCUT2D eigenvalue weighted by atomic mass is 9.99. The number of nitriles is 1. The number of H-pyrrole nitrogens is 1. The van der Waals surface area contributed by atoms with Gasteiger partial charge in [-0.1, -0.05) is 6.07 Å². The highest BCUT2D eigenvalue weighted by Gasteiger charge is 2.41. The molecular formula is C22H24FN5O4. The molecule has 168 valence electrons. The van der Waals surface area contributed by atoms with Gasteiger partial charge in [0.15, 0.2) is 0 Å². The monoisotopic (exact) mass is 441 g/mol. The number of likely N-dealkylation sites (tertiary alicyclic amines) is 1. The number of halogens is 1. The molecule has 3 heterocycles. The van der Waals surface area contributed by atoms with E-state index in [1.54, 1.807) is 24.3 Å². The third kappa shape index (κ3) is 4.10. The highest BCUT2D eigenvalue weighted by Crippen LogP contribution is 2.29. The first-order chi connectivity index (χ1) is 15.4. The summed E-state index contributed by atoms with van der Waals surface area (Å²) in [6, 6.07) is 7.00. The maximum Gasteiger partial charge on any atom is 0.271 e. The molecule has 0 radical (unpaired) electrons. The zero-order valence-corrected chi connectivity index (χ0v) is 17.6. The number of carbonyl (C=O) groups is 3. The summed E-state index contributed by atoms with van der Waals surface area (Å²) in [6.07, 6.45) is -0.731. The molecule has 3 N–H and O–H groups in total. The van der Waals surface area contributed by atoms with Gasteiger partial charge in [0.2, 0.25) is 11.8 Å². The first-order valence-corrected chi connectivity index (χ1v) is 10.5. The zero-order chi connectivity index (χ0) is 22.8. The van der Waals surface area contributed by atoms with E-state index in [4.69, 9.17) is 4.74 Å². The van der Waals surface area contributed by atoms with Crippen molar-refractivity contribution < 1.29 is 23.5 Å². The molecule has 3 amide bonds. The summed E-state index contributed by atoms with van der Waals surface area (Å²) in [7, 11) is 1.53. The summed E-state index contributed by atoms with van der Waals surface area (Å²) >= 11 is 0. The van der Waals surface area contributed by atoms with Crippen LogP contribution in [0.15, 0.2) is 24.3 Å². The third-order valence-electron chi connectivity index (χ3n) is 6.04. The van der Waals surface area contributed by atoms with E-state index in [0.717, 1.165) is 0 Å². The van der Waals surface area contributed by atoms with E-state index >= 15 is 0 Å². The Balaban J connectivity index is 1.50. The molecule has 1 aromatic heterocycles. The van der Waals surface area contributed by atoms with Crippen LogP contribution < -0.4 is 15.4 Å². The molecular weight excluding hydrogens is 417 g/mol. The first-order valence-electron chi connectivity index (χ1n) is 10.5. The largest absolute Gasteiger partial charge is 0.496 e. The number of methoxy groups -OCH3 is 1. The average molecular weight is 441 g/mol. The van der Waals surface area contributed by atoms with Crippen LogP contribution in [-0.2, 0) is 9.59 Å². The number of ether oxygens (including phenoxy) is 1. The number of benzene rings is 1. The molecule has 0 spiro atoms. The van der Waals surface area contributed by atoms with Gasteiger partial charge in [-0.2, -0.15) is 5.26 Å². The molecule has 0 unspecified atom stereocenters. The fourth-order valence-electron chi connectivity index (χ4n) is 4.40. The number of hydrogen-bond donors (Lipinski definition) is 3. The lowest BCUT2D eigenvalue weighted by Crippen LogP contribution is -2.49. The number of fused-ring (bicyclic) bond motifs is 1. The number of carbonyl (C=O) groups excluding carboxylic acids is 3. The van der Waals surface area contributed by atoms with Gasteiger partial charge in [-0.25, -0.2) is 4.39 Å². The summed E-state index contributed by atoms with van der Waals surface area (Å²) in [5.41, 5.74) is 0.903. The number of alkyl halides is 1. The summed E-state index contributed by atoms with van der Waals surface area (Å²) in [6.45, 7) is 0.324. The Morgan fingerprint density at radius 2 is 2.25 bits per heavy atom. The highest BCUT2D eigenvalue weighted by atomic mass is 19.1. The predicted octanol–water partition coefficient (Wildman–Crippen LogP) is 1.26. The molecule has 0 aliphatic carbocycles. The molecule has 0 bridgehead atoms. The molecule has 2 aromatic rings. The lowest BCUT2D eigenvalue weighted by Gasteiger charge is -2.24. The highest BCUT2D eigenvalue weighted by molar-refractivity contribution is 6.01. The summed E-state index contributed by atoms with van der Waals surface area (Å²) in [5.74, 6) is -1.01. The van der Waals surface area contributed by atoms with Crippen LogP contribution in [0.1, 0.15) is 29.8 Å². The zero-order valence-electron chi connectivity index (χ0n) is 17.6. The Kier molecular flexibility index (Phi) is 5.99. The predicted molar refractivity (Wildman–Crippen MR) is 112 cm³/mol. The Bertz CT molecular complexity index is 1090. The van der Waals surface area contributed by atoms with Crippen LogP contribution in [0.25, 0.3) is 10.9 Å². The van der Waals surface area contributed by atoms with E-state index in [0.29, 0.717) is 29.6 Å². The van der Waals surface area contributed by atoms with Gasteiger partial charge in [-0.15, -0.1) is 0 Å². The number of nitrogens with one attached hydrogen (secondary N) is 3. The number of aromatic nitrogens is 1. The molecule has 1 aromatic carbocycles. The van der Waals surface area contributed by atoms with Gasteiger partial charge in [-0.3, -0.25) is 14.4 Å². The van der Waals surface area contributed by atoms with Crippen LogP contribution in [0.4, 0.5) is 4.39 Å². The van der Waals surface area contributed by atoms with E-state index in [1.165, 1.54) is 12.0 Å². The topological polar surface area (TPSA) is 127 Å². The van der Waals surface area contributed by atoms with E-state index in [-0.39, 0.29) is 36.9 Å². The first kappa shape index (κ1) is 21.6. The minimum absolute atomic E-state index is 0.143. The van der Waals surface area contributed by atoms with Gasteiger partial charge in [0.25, 0.3) is 5.91 Å². The van der Waals surface area contributed by atoms with Crippen molar-refractivity contribution in [3.8, 4) is 11.8 Å². The maximum atomic E-state index is 14.3. The molecule has 0 saturated carbocycles. The average Bonchev–Trinajstić information content (AvgIpc) is 3.50. The van der Waals surface area contributed by atoms with Gasteiger partial charge in [-0.05, 0) is 31.0 Å². The van der Waals surface area contributed by atoms with Crippen LogP contribution in [0, 0.1) is 17.2 Å². The number of rotatable bonds is 6. The molecule has 9 nitrogen and oxygen atoms in total. The molecule has 2 saturated heterocycles. The smallest absolute Gasteiger partial charge is 0.271 e.